The maximum atomic E-state index is 15.7. The molecule has 600 valence electrons. The monoisotopic (exact) mass is 1520 g/mol. The van der Waals surface area contributed by atoms with Gasteiger partial charge in [-0.1, -0.05) is 343 Å². The molecule has 10 aromatic rings. The van der Waals surface area contributed by atoms with Gasteiger partial charge in [-0.15, -0.1) is 12.2 Å². The second-order valence-electron chi connectivity index (χ2n) is 32.8. The van der Waals surface area contributed by atoms with Crippen LogP contribution in [0.4, 0.5) is 45.5 Å². The lowest BCUT2D eigenvalue weighted by Gasteiger charge is -2.62. The van der Waals surface area contributed by atoms with Crippen LogP contribution in [0.5, 0.6) is 0 Å². The zero-order valence-corrected chi connectivity index (χ0v) is 70.5. The van der Waals surface area contributed by atoms with Gasteiger partial charge in [0.1, 0.15) is 0 Å². The fourth-order valence-electron chi connectivity index (χ4n) is 17.6. The molecule has 0 aliphatic heterocycles. The molecule has 10 aromatic carbocycles. The Balaban J connectivity index is 0.981. The van der Waals surface area contributed by atoms with Crippen LogP contribution in [-0.4, -0.2) is 24.0 Å². The molecule has 114 heavy (non-hydrogen) atoms. The van der Waals surface area contributed by atoms with Gasteiger partial charge in [-0.3, -0.25) is 9.59 Å². The second kappa shape index (κ2) is 43.4. The molecule has 1 aliphatic rings. The highest BCUT2D eigenvalue weighted by atomic mass is 16.3. The molecule has 0 bridgehead atoms. The molecule has 0 spiro atoms. The van der Waals surface area contributed by atoms with Gasteiger partial charge in [0.15, 0.2) is 0 Å². The number of amides is 2. The van der Waals surface area contributed by atoms with Crippen LogP contribution in [0.1, 0.15) is 256 Å². The van der Waals surface area contributed by atoms with E-state index in [1.807, 2.05) is 36.4 Å². The van der Waals surface area contributed by atoms with E-state index in [1.165, 1.54) is 122 Å². The van der Waals surface area contributed by atoms with Gasteiger partial charge in [-0.05, 0) is 225 Å². The van der Waals surface area contributed by atoms with Crippen LogP contribution in [0, 0.1) is 23.7 Å². The summed E-state index contributed by atoms with van der Waals surface area (Å²) in [7, 11) is 0. The summed E-state index contributed by atoms with van der Waals surface area (Å²) >= 11 is 0. The molecular weight excluding hydrogens is 1390 g/mol. The first-order chi connectivity index (χ1) is 55.8. The van der Waals surface area contributed by atoms with Crippen molar-refractivity contribution in [3.8, 4) is 44.5 Å². The van der Waals surface area contributed by atoms with E-state index in [9.17, 15) is 9.59 Å². The third kappa shape index (κ3) is 21.8. The summed E-state index contributed by atoms with van der Waals surface area (Å²) in [4.78, 5) is 33.1. The maximum absolute atomic E-state index is 15.7. The van der Waals surface area contributed by atoms with Crippen molar-refractivity contribution in [1.29, 1.82) is 0 Å². The summed E-state index contributed by atoms with van der Waals surface area (Å²) in [5.41, 5.74) is 22.2. The summed E-state index contributed by atoms with van der Waals surface area (Å²) < 4.78 is 0. The average Bonchev–Trinajstić information content (AvgIpc) is 0.730. The average molecular weight is 1520 g/mol. The van der Waals surface area contributed by atoms with E-state index in [0.717, 1.165) is 121 Å². The summed E-state index contributed by atoms with van der Waals surface area (Å²) in [6.07, 6.45) is 24.0. The maximum Gasteiger partial charge on any atom is 0.224 e. The number of nitrogens with one attached hydrogen (secondary N) is 2. The standard InChI is InChI=1S/C106H130N4O4/c1-11-21-35-75(17-7)69-83-39-27-31-43-93(83)79-49-57-87(58-50-79)109(88-59-51-80(52-60-88)94-44-32-28-40-84(94)70-76(18-8)36-22-12-2)91-65-67-97(99(73-91)107-101(111)47-25-15-5)103-105(113)104(106(103)114)98-68-66-92(74-100(98)108-102(112)48-26-16-6)110(89-61-53-81(54-62-89)95-45-33-29-41-85(95)71-77(19-9)37-23-13-3)90-63-55-82(56-64-90)96-46-34-30-42-86(96)72-78(20-10)38-24-14-4/h27-34,39-46,49-68,73-78,103-106H,11-26,35-38,47-48,69-72H2,1-10H3,(H,107,111)(H,108,112)/q-2. The summed E-state index contributed by atoms with van der Waals surface area (Å²) in [6.45, 7) is 22.5. The lowest BCUT2D eigenvalue weighted by Crippen LogP contribution is -2.63. The van der Waals surface area contributed by atoms with Gasteiger partial charge in [-0.25, -0.2) is 0 Å². The number of benzene rings is 10. The van der Waals surface area contributed by atoms with Crippen LogP contribution in [0.2, 0.25) is 0 Å². The van der Waals surface area contributed by atoms with Gasteiger partial charge in [0, 0.05) is 58.3 Å². The Morgan fingerprint density at radius 2 is 0.544 bits per heavy atom. The Hall–Kier alpha value is -9.34. The highest BCUT2D eigenvalue weighted by molar-refractivity contribution is 5.95. The topological polar surface area (TPSA) is 111 Å². The molecule has 4 atom stereocenters. The van der Waals surface area contributed by atoms with E-state index in [0.29, 0.717) is 59.0 Å². The molecule has 8 heteroatoms. The number of unbranched alkanes of at least 4 members (excludes halogenated alkanes) is 6. The largest absolute Gasteiger partial charge is 0.851 e. The molecule has 0 aromatic heterocycles. The van der Waals surface area contributed by atoms with Crippen molar-refractivity contribution in [1.82, 2.24) is 0 Å². The fourth-order valence-corrected chi connectivity index (χ4v) is 17.6. The third-order valence-electron chi connectivity index (χ3n) is 24.8. The Labute approximate surface area is 685 Å². The normalized spacial score (nSPS) is 15.7. The van der Waals surface area contributed by atoms with Crippen molar-refractivity contribution in [3.63, 3.8) is 0 Å². The van der Waals surface area contributed by atoms with Crippen LogP contribution in [-0.2, 0) is 35.3 Å². The van der Waals surface area contributed by atoms with E-state index in [-0.39, 0.29) is 24.7 Å². The zero-order valence-electron chi connectivity index (χ0n) is 70.5. The van der Waals surface area contributed by atoms with Crippen molar-refractivity contribution in [2.45, 2.75) is 260 Å². The highest BCUT2D eigenvalue weighted by Crippen LogP contribution is 2.52. The molecule has 2 amide bonds. The molecule has 0 radical (unpaired) electrons. The number of carbonyl (C=O) groups excluding carboxylic acids is 2. The Morgan fingerprint density at radius 3 is 0.781 bits per heavy atom. The van der Waals surface area contributed by atoms with Crippen molar-refractivity contribution in [2.75, 3.05) is 20.4 Å². The quantitative estimate of drug-likeness (QED) is 0.0394. The van der Waals surface area contributed by atoms with Crippen molar-refractivity contribution < 1.29 is 19.8 Å². The van der Waals surface area contributed by atoms with Crippen LogP contribution in [0.25, 0.3) is 44.5 Å². The minimum atomic E-state index is -1.41. The van der Waals surface area contributed by atoms with Crippen LogP contribution in [0.3, 0.4) is 0 Å². The van der Waals surface area contributed by atoms with E-state index in [2.05, 4.69) is 284 Å². The van der Waals surface area contributed by atoms with Gasteiger partial charge in [0.25, 0.3) is 0 Å². The number of anilines is 8. The molecule has 1 saturated carbocycles. The molecular formula is C106H130N4O4-2. The van der Waals surface area contributed by atoms with Crippen molar-refractivity contribution in [3.05, 3.63) is 264 Å². The summed E-state index contributed by atoms with van der Waals surface area (Å²) in [5, 5.41) is 38.1. The summed E-state index contributed by atoms with van der Waals surface area (Å²) in [6, 6.07) is 82.7. The van der Waals surface area contributed by atoms with E-state index >= 15 is 10.2 Å². The molecule has 0 heterocycles. The Morgan fingerprint density at radius 1 is 0.307 bits per heavy atom. The van der Waals surface area contributed by atoms with E-state index in [1.54, 1.807) is 0 Å². The lowest BCUT2D eigenvalue weighted by molar-refractivity contribution is -0.535. The molecule has 2 N–H and O–H groups in total. The molecule has 1 aliphatic carbocycles. The van der Waals surface area contributed by atoms with Crippen LogP contribution in [0.15, 0.2) is 231 Å². The van der Waals surface area contributed by atoms with E-state index in [4.69, 9.17) is 0 Å². The first-order valence-corrected chi connectivity index (χ1v) is 44.3. The van der Waals surface area contributed by atoms with Gasteiger partial charge >= 0.3 is 0 Å². The van der Waals surface area contributed by atoms with Gasteiger partial charge in [0.2, 0.25) is 11.8 Å². The van der Waals surface area contributed by atoms with Gasteiger partial charge in [-0.2, -0.15) is 0 Å². The smallest absolute Gasteiger partial charge is 0.224 e. The van der Waals surface area contributed by atoms with Crippen molar-refractivity contribution in [2.24, 2.45) is 23.7 Å². The number of hydrogen-bond acceptors (Lipinski definition) is 6. The minimum Gasteiger partial charge on any atom is -0.851 e. The van der Waals surface area contributed by atoms with Crippen LogP contribution >= 0.6 is 0 Å². The predicted molar refractivity (Wildman–Crippen MR) is 481 cm³/mol. The first kappa shape index (κ1) is 85.5. The SMILES string of the molecule is CCCCC(=O)Nc1cc(N(c2ccc(-c3ccccc3CC(CC)CCCC)cc2)c2ccc(-c3ccccc3CC(CC)CCCC)cc2)ccc1C1C([O-])C(c2ccc(N(c3ccc(-c4ccccc4CC(CC)CCCC)cc3)c3ccc(-c4ccccc4CC(CC)CCCC)cc3)cc2NC(=O)CCCC)C1[O-]. The van der Waals surface area contributed by atoms with Crippen LogP contribution < -0.4 is 30.6 Å². The molecule has 8 nitrogen and oxygen atoms in total. The Kier molecular flexibility index (Phi) is 32.6. The second-order valence-corrected chi connectivity index (χ2v) is 32.8. The zero-order chi connectivity index (χ0) is 80.3. The van der Waals surface area contributed by atoms with Gasteiger partial charge in [0.05, 0.1) is 0 Å². The minimum absolute atomic E-state index is 0.171. The third-order valence-corrected chi connectivity index (χ3v) is 24.8. The molecule has 11 rings (SSSR count). The first-order valence-electron chi connectivity index (χ1n) is 44.3. The Bertz CT molecular complexity index is 4110. The van der Waals surface area contributed by atoms with E-state index < -0.39 is 24.0 Å². The highest BCUT2D eigenvalue weighted by Gasteiger charge is 2.41. The van der Waals surface area contributed by atoms with Gasteiger partial charge < -0.3 is 30.6 Å². The molecule has 1 fully saturated rings. The number of hydrogen-bond donors (Lipinski definition) is 2. The number of rotatable bonds is 44. The lowest BCUT2D eigenvalue weighted by atomic mass is 9.62. The number of nitrogens with zero attached hydrogens (tertiary/aromatic N) is 2. The number of carbonyl (C=O) groups is 2. The molecule has 4 unspecified atom stereocenters. The fraction of sp³-hybridized carbons (Fsp3) is 0.415. The van der Waals surface area contributed by atoms with Crippen molar-refractivity contribution >= 4 is 57.3 Å². The predicted octanol–water partition coefficient (Wildman–Crippen LogP) is 27.9. The molecule has 0 saturated heterocycles. The summed E-state index contributed by atoms with van der Waals surface area (Å²) in [5.74, 6) is 0.0782.